The van der Waals surface area contributed by atoms with Crippen molar-refractivity contribution in [1.29, 1.82) is 0 Å². The van der Waals surface area contributed by atoms with Crippen LogP contribution in [0.15, 0.2) is 29.2 Å². The molecule has 0 aliphatic rings. The lowest BCUT2D eigenvalue weighted by Crippen LogP contribution is -2.13. The molecular formula is C11H16O3S. The van der Waals surface area contributed by atoms with Crippen molar-refractivity contribution in [2.24, 2.45) is 0 Å². The molecule has 15 heavy (non-hydrogen) atoms. The summed E-state index contributed by atoms with van der Waals surface area (Å²) >= 11 is 0. The van der Waals surface area contributed by atoms with Crippen LogP contribution in [0.4, 0.5) is 0 Å². The van der Waals surface area contributed by atoms with Gasteiger partial charge in [-0.2, -0.15) is 0 Å². The van der Waals surface area contributed by atoms with Crippen molar-refractivity contribution in [3.05, 3.63) is 24.3 Å². The molecule has 1 rings (SSSR count). The Hall–Kier alpha value is -1.03. The van der Waals surface area contributed by atoms with Crippen molar-refractivity contribution in [1.82, 2.24) is 0 Å². The molecule has 0 saturated heterocycles. The molecule has 1 aromatic carbocycles. The Morgan fingerprint density at radius 2 is 1.73 bits per heavy atom. The van der Waals surface area contributed by atoms with Gasteiger partial charge < -0.3 is 4.74 Å². The summed E-state index contributed by atoms with van der Waals surface area (Å²) in [6.45, 7) is 5.81. The van der Waals surface area contributed by atoms with Gasteiger partial charge in [0.05, 0.1) is 16.8 Å². The van der Waals surface area contributed by atoms with Crippen LogP contribution in [-0.2, 0) is 9.84 Å². The highest BCUT2D eigenvalue weighted by atomic mass is 32.2. The molecule has 0 amide bonds. The van der Waals surface area contributed by atoms with Gasteiger partial charge in [-0.25, -0.2) is 8.42 Å². The van der Waals surface area contributed by atoms with Gasteiger partial charge in [-0.1, -0.05) is 0 Å². The summed E-state index contributed by atoms with van der Waals surface area (Å²) in [7, 11) is -3.16. The van der Waals surface area contributed by atoms with E-state index >= 15 is 0 Å². The molecule has 0 aliphatic carbocycles. The fourth-order valence-corrected chi connectivity index (χ4v) is 2.22. The van der Waals surface area contributed by atoms with Crippen LogP contribution >= 0.6 is 0 Å². The van der Waals surface area contributed by atoms with Crippen molar-refractivity contribution in [3.63, 3.8) is 0 Å². The van der Waals surface area contributed by atoms with Crippen LogP contribution in [0.25, 0.3) is 0 Å². The molecule has 0 spiro atoms. The fraction of sp³-hybridized carbons (Fsp3) is 0.455. The quantitative estimate of drug-likeness (QED) is 0.794. The summed E-state index contributed by atoms with van der Waals surface area (Å²) in [6, 6.07) is 6.53. The zero-order valence-electron chi connectivity index (χ0n) is 9.23. The molecule has 0 aliphatic heterocycles. The minimum absolute atomic E-state index is 0.348. The van der Waals surface area contributed by atoms with Gasteiger partial charge in [-0.15, -0.1) is 0 Å². The topological polar surface area (TPSA) is 43.4 Å². The van der Waals surface area contributed by atoms with E-state index in [1.54, 1.807) is 38.1 Å². The summed E-state index contributed by atoms with van der Waals surface area (Å²) in [6.07, 6.45) is 0. The molecule has 1 aromatic rings. The standard InChI is InChI=1S/C11H16O3S/c1-4-14-10-5-7-11(8-6-10)15(12,13)9(2)3/h5-9H,4H2,1-3H3. The Morgan fingerprint density at radius 3 is 2.13 bits per heavy atom. The highest BCUT2D eigenvalue weighted by molar-refractivity contribution is 7.92. The second-order valence-electron chi connectivity index (χ2n) is 3.50. The third-order valence-corrected chi connectivity index (χ3v) is 4.25. The van der Waals surface area contributed by atoms with E-state index in [1.165, 1.54) is 0 Å². The van der Waals surface area contributed by atoms with Crippen LogP contribution < -0.4 is 4.74 Å². The first kappa shape index (κ1) is 12.0. The van der Waals surface area contributed by atoms with Crippen molar-refractivity contribution < 1.29 is 13.2 Å². The van der Waals surface area contributed by atoms with Gasteiger partial charge in [0, 0.05) is 0 Å². The van der Waals surface area contributed by atoms with Gasteiger partial charge in [-0.3, -0.25) is 0 Å². The van der Waals surface area contributed by atoms with E-state index < -0.39 is 15.1 Å². The second-order valence-corrected chi connectivity index (χ2v) is 6.00. The lowest BCUT2D eigenvalue weighted by Gasteiger charge is -2.08. The van der Waals surface area contributed by atoms with Crippen LogP contribution in [0, 0.1) is 0 Å². The van der Waals surface area contributed by atoms with Gasteiger partial charge in [0.1, 0.15) is 5.75 Å². The van der Waals surface area contributed by atoms with Crippen LogP contribution in [0.5, 0.6) is 5.75 Å². The maximum atomic E-state index is 11.8. The Balaban J connectivity index is 2.99. The third kappa shape index (κ3) is 2.72. The summed E-state index contributed by atoms with van der Waals surface area (Å²) < 4.78 is 28.8. The van der Waals surface area contributed by atoms with Crippen LogP contribution in [0.3, 0.4) is 0 Å². The monoisotopic (exact) mass is 228 g/mol. The summed E-state index contributed by atoms with van der Waals surface area (Å²) in [5.74, 6) is 0.695. The molecular weight excluding hydrogens is 212 g/mol. The van der Waals surface area contributed by atoms with Crippen LogP contribution in [-0.4, -0.2) is 20.3 Å². The van der Waals surface area contributed by atoms with E-state index in [2.05, 4.69) is 0 Å². The third-order valence-electron chi connectivity index (χ3n) is 2.08. The number of hydrogen-bond acceptors (Lipinski definition) is 3. The SMILES string of the molecule is CCOc1ccc(S(=O)(=O)C(C)C)cc1. The van der Waals surface area contributed by atoms with Gasteiger partial charge >= 0.3 is 0 Å². The first-order valence-electron chi connectivity index (χ1n) is 4.95. The molecule has 3 nitrogen and oxygen atoms in total. The zero-order valence-corrected chi connectivity index (χ0v) is 10.0. The summed E-state index contributed by atoms with van der Waals surface area (Å²) in [4.78, 5) is 0.348. The molecule has 0 saturated carbocycles. The molecule has 84 valence electrons. The number of rotatable bonds is 4. The smallest absolute Gasteiger partial charge is 0.180 e. The normalized spacial score (nSPS) is 11.7. The number of sulfone groups is 1. The average molecular weight is 228 g/mol. The maximum absolute atomic E-state index is 11.8. The van der Waals surface area contributed by atoms with Crippen molar-refractivity contribution in [2.45, 2.75) is 30.9 Å². The zero-order chi connectivity index (χ0) is 11.5. The number of hydrogen-bond donors (Lipinski definition) is 0. The predicted molar refractivity (Wildman–Crippen MR) is 59.9 cm³/mol. The van der Waals surface area contributed by atoms with E-state index in [0.717, 1.165) is 0 Å². The Kier molecular flexibility index (Phi) is 3.74. The van der Waals surface area contributed by atoms with Crippen molar-refractivity contribution in [2.75, 3.05) is 6.61 Å². The second kappa shape index (κ2) is 4.66. The largest absolute Gasteiger partial charge is 0.494 e. The predicted octanol–water partition coefficient (Wildman–Crippen LogP) is 2.27. The Labute approximate surface area is 91.0 Å². The molecule has 0 aromatic heterocycles. The lowest BCUT2D eigenvalue weighted by molar-refractivity contribution is 0.340. The van der Waals surface area contributed by atoms with Gasteiger partial charge in [-0.05, 0) is 45.0 Å². The minimum atomic E-state index is -3.16. The molecule has 0 fully saturated rings. The van der Waals surface area contributed by atoms with Crippen molar-refractivity contribution in [3.8, 4) is 5.75 Å². The van der Waals surface area contributed by atoms with Gasteiger partial charge in [0.15, 0.2) is 9.84 Å². The lowest BCUT2D eigenvalue weighted by atomic mass is 10.3. The first-order valence-corrected chi connectivity index (χ1v) is 6.50. The summed E-state index contributed by atoms with van der Waals surface area (Å²) in [5, 5.41) is -0.393. The molecule has 0 atom stereocenters. The summed E-state index contributed by atoms with van der Waals surface area (Å²) in [5.41, 5.74) is 0. The molecule has 4 heteroatoms. The highest BCUT2D eigenvalue weighted by Gasteiger charge is 2.18. The maximum Gasteiger partial charge on any atom is 0.180 e. The van der Waals surface area contributed by atoms with E-state index in [-0.39, 0.29) is 0 Å². The molecule has 0 bridgehead atoms. The number of ether oxygens (including phenoxy) is 1. The minimum Gasteiger partial charge on any atom is -0.494 e. The average Bonchev–Trinajstić information content (AvgIpc) is 2.19. The van der Waals surface area contributed by atoms with E-state index in [1.807, 2.05) is 6.92 Å². The molecule has 0 unspecified atom stereocenters. The molecule has 0 heterocycles. The first-order chi connectivity index (χ1) is 6.98. The van der Waals surface area contributed by atoms with Crippen LogP contribution in [0.1, 0.15) is 20.8 Å². The van der Waals surface area contributed by atoms with Gasteiger partial charge in [0.25, 0.3) is 0 Å². The van der Waals surface area contributed by atoms with E-state index in [9.17, 15) is 8.42 Å². The van der Waals surface area contributed by atoms with Crippen LogP contribution in [0.2, 0.25) is 0 Å². The number of benzene rings is 1. The highest BCUT2D eigenvalue weighted by Crippen LogP contribution is 2.19. The van der Waals surface area contributed by atoms with E-state index in [4.69, 9.17) is 4.74 Å². The van der Waals surface area contributed by atoms with Crippen molar-refractivity contribution >= 4 is 9.84 Å². The Morgan fingerprint density at radius 1 is 1.20 bits per heavy atom. The molecule has 0 radical (unpaired) electrons. The Bertz CT molecular complexity index is 404. The fourth-order valence-electron chi connectivity index (χ4n) is 1.16. The van der Waals surface area contributed by atoms with Gasteiger partial charge in [0.2, 0.25) is 0 Å². The van der Waals surface area contributed by atoms with E-state index in [0.29, 0.717) is 17.3 Å². The molecule has 0 N–H and O–H groups in total.